The number of rotatable bonds is 3. The van der Waals surface area contributed by atoms with E-state index in [1.807, 2.05) is 6.79 Å². The quantitative estimate of drug-likeness (QED) is 0.794. The third-order valence-electron chi connectivity index (χ3n) is 2.57. The summed E-state index contributed by atoms with van der Waals surface area (Å²) in [6.07, 6.45) is 0. The SMILES string of the molecule is C=O.COC(=O)C(C)(C)c1ccc(Cl)c(OC)c1. The Balaban J connectivity index is 0.00000137. The molecular formula is C13H17ClO4. The van der Waals surface area contributed by atoms with Gasteiger partial charge in [0.15, 0.2) is 0 Å². The molecule has 0 saturated heterocycles. The Morgan fingerprint density at radius 1 is 1.28 bits per heavy atom. The van der Waals surface area contributed by atoms with Crippen LogP contribution >= 0.6 is 11.6 Å². The maximum Gasteiger partial charge on any atom is 0.315 e. The van der Waals surface area contributed by atoms with E-state index in [2.05, 4.69) is 0 Å². The van der Waals surface area contributed by atoms with Gasteiger partial charge < -0.3 is 14.3 Å². The fraction of sp³-hybridized carbons (Fsp3) is 0.385. The van der Waals surface area contributed by atoms with Gasteiger partial charge in [-0.1, -0.05) is 17.7 Å². The number of esters is 1. The largest absolute Gasteiger partial charge is 0.495 e. The molecule has 0 aromatic heterocycles. The van der Waals surface area contributed by atoms with Crippen molar-refractivity contribution >= 4 is 24.4 Å². The molecule has 0 heterocycles. The van der Waals surface area contributed by atoms with E-state index < -0.39 is 5.41 Å². The van der Waals surface area contributed by atoms with Crippen LogP contribution in [0.3, 0.4) is 0 Å². The number of hydrogen-bond donors (Lipinski definition) is 0. The number of benzene rings is 1. The maximum absolute atomic E-state index is 11.6. The lowest BCUT2D eigenvalue weighted by molar-refractivity contribution is -0.146. The standard InChI is InChI=1S/C12H15ClO3.CH2O/c1-12(2,11(14)16-4)8-5-6-9(13)10(7-8)15-3;1-2/h5-7H,1-4H3;1H2. The molecule has 0 spiro atoms. The summed E-state index contributed by atoms with van der Waals surface area (Å²) in [5.41, 5.74) is 0.0905. The highest BCUT2D eigenvalue weighted by atomic mass is 35.5. The van der Waals surface area contributed by atoms with Crippen molar-refractivity contribution < 1.29 is 19.1 Å². The highest BCUT2D eigenvalue weighted by Gasteiger charge is 2.31. The number of carbonyl (C=O) groups excluding carboxylic acids is 2. The van der Waals surface area contributed by atoms with Gasteiger partial charge in [-0.05, 0) is 31.5 Å². The number of carbonyl (C=O) groups is 2. The summed E-state index contributed by atoms with van der Waals surface area (Å²) in [6.45, 7) is 5.59. The zero-order chi connectivity index (χ0) is 14.3. The van der Waals surface area contributed by atoms with Gasteiger partial charge in [0.2, 0.25) is 0 Å². The van der Waals surface area contributed by atoms with Gasteiger partial charge in [0.1, 0.15) is 12.5 Å². The van der Waals surface area contributed by atoms with Crippen molar-refractivity contribution in [3.8, 4) is 5.75 Å². The zero-order valence-electron chi connectivity index (χ0n) is 11.0. The molecule has 0 fully saturated rings. The van der Waals surface area contributed by atoms with Crippen molar-refractivity contribution in [3.63, 3.8) is 0 Å². The highest BCUT2D eigenvalue weighted by molar-refractivity contribution is 6.32. The molecule has 0 aliphatic carbocycles. The van der Waals surface area contributed by atoms with Gasteiger partial charge in [-0.25, -0.2) is 0 Å². The van der Waals surface area contributed by atoms with Crippen LogP contribution in [0.25, 0.3) is 0 Å². The van der Waals surface area contributed by atoms with Crippen LogP contribution in [-0.2, 0) is 19.7 Å². The van der Waals surface area contributed by atoms with Crippen molar-refractivity contribution in [1.82, 2.24) is 0 Å². The van der Waals surface area contributed by atoms with Gasteiger partial charge in [-0.2, -0.15) is 0 Å². The van der Waals surface area contributed by atoms with E-state index in [9.17, 15) is 4.79 Å². The normalized spacial score (nSPS) is 10.1. The molecule has 100 valence electrons. The van der Waals surface area contributed by atoms with Crippen LogP contribution in [-0.4, -0.2) is 27.0 Å². The Kier molecular flexibility index (Phi) is 6.41. The lowest BCUT2D eigenvalue weighted by Crippen LogP contribution is -2.30. The first-order chi connectivity index (χ1) is 8.43. The predicted molar refractivity (Wildman–Crippen MR) is 70.2 cm³/mol. The van der Waals surface area contributed by atoms with Crippen LogP contribution < -0.4 is 4.74 Å². The van der Waals surface area contributed by atoms with Crippen molar-refractivity contribution in [1.29, 1.82) is 0 Å². The minimum Gasteiger partial charge on any atom is -0.495 e. The molecule has 1 aromatic carbocycles. The molecule has 0 unspecified atom stereocenters. The maximum atomic E-state index is 11.6. The second-order valence-electron chi connectivity index (χ2n) is 3.97. The molecule has 0 amide bonds. The number of methoxy groups -OCH3 is 2. The Morgan fingerprint density at radius 2 is 1.83 bits per heavy atom. The van der Waals surface area contributed by atoms with E-state index in [0.29, 0.717) is 10.8 Å². The van der Waals surface area contributed by atoms with Crippen LogP contribution in [0.4, 0.5) is 0 Å². The first-order valence-corrected chi connectivity index (χ1v) is 5.52. The number of halogens is 1. The Morgan fingerprint density at radius 3 is 2.28 bits per heavy atom. The van der Waals surface area contributed by atoms with Crippen LogP contribution in [0.15, 0.2) is 18.2 Å². The summed E-state index contributed by atoms with van der Waals surface area (Å²) in [4.78, 5) is 19.6. The molecule has 0 atom stereocenters. The Labute approximate surface area is 112 Å². The van der Waals surface area contributed by atoms with E-state index in [1.165, 1.54) is 14.2 Å². The van der Waals surface area contributed by atoms with Gasteiger partial charge >= 0.3 is 5.97 Å². The van der Waals surface area contributed by atoms with Crippen molar-refractivity contribution in [2.45, 2.75) is 19.3 Å². The van der Waals surface area contributed by atoms with E-state index in [1.54, 1.807) is 32.0 Å². The molecule has 5 heteroatoms. The summed E-state index contributed by atoms with van der Waals surface area (Å²) < 4.78 is 9.87. The Hall–Kier alpha value is -1.55. The third kappa shape index (κ3) is 3.47. The minimum atomic E-state index is -0.716. The van der Waals surface area contributed by atoms with Gasteiger partial charge in [-0.3, -0.25) is 4.79 Å². The Bertz CT molecular complexity index is 415. The van der Waals surface area contributed by atoms with Crippen molar-refractivity contribution in [3.05, 3.63) is 28.8 Å². The van der Waals surface area contributed by atoms with Gasteiger partial charge in [0.25, 0.3) is 0 Å². The molecule has 1 aromatic rings. The van der Waals surface area contributed by atoms with Crippen molar-refractivity contribution in [2.75, 3.05) is 14.2 Å². The van der Waals surface area contributed by atoms with E-state index in [4.69, 9.17) is 25.9 Å². The van der Waals surface area contributed by atoms with Gasteiger partial charge in [0.05, 0.1) is 24.7 Å². The minimum absolute atomic E-state index is 0.295. The van der Waals surface area contributed by atoms with E-state index in [0.717, 1.165) is 5.56 Å². The molecule has 4 nitrogen and oxygen atoms in total. The summed E-state index contributed by atoms with van der Waals surface area (Å²) in [5, 5.41) is 0.520. The van der Waals surface area contributed by atoms with Gasteiger partial charge in [0, 0.05) is 0 Å². The van der Waals surface area contributed by atoms with E-state index >= 15 is 0 Å². The van der Waals surface area contributed by atoms with Crippen molar-refractivity contribution in [2.24, 2.45) is 0 Å². The van der Waals surface area contributed by atoms with Crippen LogP contribution in [0.2, 0.25) is 5.02 Å². The van der Waals surface area contributed by atoms with Crippen LogP contribution in [0.5, 0.6) is 5.75 Å². The molecule has 0 aliphatic heterocycles. The molecule has 0 N–H and O–H groups in total. The molecule has 0 aliphatic rings. The molecule has 18 heavy (non-hydrogen) atoms. The average Bonchev–Trinajstić information content (AvgIpc) is 2.40. The molecule has 1 rings (SSSR count). The molecular weight excluding hydrogens is 256 g/mol. The molecule has 0 saturated carbocycles. The average molecular weight is 273 g/mol. The monoisotopic (exact) mass is 272 g/mol. The smallest absolute Gasteiger partial charge is 0.315 e. The van der Waals surface area contributed by atoms with Gasteiger partial charge in [-0.15, -0.1) is 0 Å². The van der Waals surface area contributed by atoms with Crippen LogP contribution in [0.1, 0.15) is 19.4 Å². The number of hydrogen-bond acceptors (Lipinski definition) is 4. The third-order valence-corrected chi connectivity index (χ3v) is 2.88. The highest BCUT2D eigenvalue weighted by Crippen LogP contribution is 2.32. The van der Waals surface area contributed by atoms with E-state index in [-0.39, 0.29) is 5.97 Å². The fourth-order valence-electron chi connectivity index (χ4n) is 1.42. The number of ether oxygens (including phenoxy) is 2. The predicted octanol–water partition coefficient (Wildman–Crippen LogP) is 2.61. The summed E-state index contributed by atoms with van der Waals surface area (Å²) >= 11 is 5.92. The van der Waals surface area contributed by atoms with Crippen LogP contribution in [0, 0.1) is 0 Å². The lowest BCUT2D eigenvalue weighted by Gasteiger charge is -2.22. The molecule has 0 bridgehead atoms. The first kappa shape index (κ1) is 16.4. The summed E-state index contributed by atoms with van der Waals surface area (Å²) in [5.74, 6) is 0.257. The second-order valence-corrected chi connectivity index (χ2v) is 4.37. The summed E-state index contributed by atoms with van der Waals surface area (Å²) in [6, 6.07) is 5.25. The fourth-order valence-corrected chi connectivity index (χ4v) is 1.62. The lowest BCUT2D eigenvalue weighted by atomic mass is 9.85. The topological polar surface area (TPSA) is 52.6 Å². The summed E-state index contributed by atoms with van der Waals surface area (Å²) in [7, 11) is 2.91. The molecule has 0 radical (unpaired) electrons. The zero-order valence-corrected chi connectivity index (χ0v) is 11.7. The second kappa shape index (κ2) is 7.01. The first-order valence-electron chi connectivity index (χ1n) is 5.14.